The summed E-state index contributed by atoms with van der Waals surface area (Å²) in [4.78, 5) is 11.7. The van der Waals surface area contributed by atoms with E-state index in [1.807, 2.05) is 20.8 Å². The van der Waals surface area contributed by atoms with Crippen LogP contribution in [0.2, 0.25) is 0 Å². The van der Waals surface area contributed by atoms with Gasteiger partial charge in [0.2, 0.25) is 0 Å². The standard InChI is InChI=1S/C15H18F4O5S/c1-13(2,3)11-6-4-10(5-7-11)12(20)24-9-8-14(16,17)15(18,19)25(21,22)23/h4-7H,8-9H2,1-3H3,(H,21,22,23)/p-1. The SMILES string of the molecule is CC(C)(C)c1ccc(C(=O)OCCC(F)(F)C(F)(F)S(=O)(=O)[O-])cc1. The molecule has 0 unspecified atom stereocenters. The normalized spacial score (nSPS) is 13.6. The number of hydrogen-bond donors (Lipinski definition) is 0. The van der Waals surface area contributed by atoms with Gasteiger partial charge in [0.15, 0.2) is 10.1 Å². The van der Waals surface area contributed by atoms with Crippen molar-refractivity contribution in [1.29, 1.82) is 0 Å². The van der Waals surface area contributed by atoms with Crippen molar-refractivity contribution in [3.63, 3.8) is 0 Å². The average Bonchev–Trinajstić information content (AvgIpc) is 2.44. The first kappa shape index (κ1) is 21.4. The summed E-state index contributed by atoms with van der Waals surface area (Å²) in [5, 5.41) is -5.79. The van der Waals surface area contributed by atoms with Gasteiger partial charge < -0.3 is 9.29 Å². The maximum Gasteiger partial charge on any atom is 0.396 e. The van der Waals surface area contributed by atoms with Gasteiger partial charge in [0.1, 0.15) is 0 Å². The predicted molar refractivity (Wildman–Crippen MR) is 79.6 cm³/mol. The molecule has 0 saturated carbocycles. The van der Waals surface area contributed by atoms with Gasteiger partial charge in [0, 0.05) is 0 Å². The van der Waals surface area contributed by atoms with Crippen LogP contribution in [0.5, 0.6) is 0 Å². The molecule has 0 aliphatic carbocycles. The molecule has 5 nitrogen and oxygen atoms in total. The number of carbonyl (C=O) groups excluding carboxylic acids is 1. The molecule has 0 atom stereocenters. The molecular weight excluding hydrogens is 368 g/mol. The number of esters is 1. The van der Waals surface area contributed by atoms with Gasteiger partial charge in [-0.15, -0.1) is 0 Å². The van der Waals surface area contributed by atoms with Crippen molar-refractivity contribution in [2.75, 3.05) is 6.61 Å². The third-order valence-corrected chi connectivity index (χ3v) is 4.30. The van der Waals surface area contributed by atoms with Crippen molar-refractivity contribution in [2.24, 2.45) is 0 Å². The second-order valence-electron chi connectivity index (χ2n) is 6.39. The molecular formula is C15H17F4O5S-. The van der Waals surface area contributed by atoms with Gasteiger partial charge in [0.05, 0.1) is 18.6 Å². The molecule has 0 aromatic heterocycles. The number of carbonyl (C=O) groups is 1. The van der Waals surface area contributed by atoms with E-state index in [2.05, 4.69) is 4.74 Å². The van der Waals surface area contributed by atoms with Gasteiger partial charge in [-0.25, -0.2) is 13.2 Å². The lowest BCUT2D eigenvalue weighted by Crippen LogP contribution is -2.47. The molecule has 1 aromatic carbocycles. The molecule has 0 aliphatic heterocycles. The van der Waals surface area contributed by atoms with Crippen LogP contribution in [0.25, 0.3) is 0 Å². The number of hydrogen-bond acceptors (Lipinski definition) is 5. The second kappa shape index (κ2) is 6.91. The fourth-order valence-corrected chi connectivity index (χ4v) is 2.26. The van der Waals surface area contributed by atoms with Gasteiger partial charge in [-0.1, -0.05) is 32.9 Å². The van der Waals surface area contributed by atoms with Gasteiger partial charge >= 0.3 is 17.1 Å². The van der Waals surface area contributed by atoms with Crippen LogP contribution in [0.1, 0.15) is 43.1 Å². The average molecular weight is 385 g/mol. The molecule has 0 N–H and O–H groups in total. The summed E-state index contributed by atoms with van der Waals surface area (Å²) in [6.07, 6.45) is -1.81. The van der Waals surface area contributed by atoms with E-state index < -0.39 is 40.3 Å². The molecule has 0 bridgehead atoms. The smallest absolute Gasteiger partial charge is 0.396 e. The molecule has 0 spiro atoms. The van der Waals surface area contributed by atoms with E-state index in [4.69, 9.17) is 0 Å². The molecule has 0 amide bonds. The number of rotatable bonds is 6. The van der Waals surface area contributed by atoms with Crippen molar-refractivity contribution < 1.29 is 40.1 Å². The van der Waals surface area contributed by atoms with Gasteiger partial charge in [-0.2, -0.15) is 17.6 Å². The first-order valence-corrected chi connectivity index (χ1v) is 8.49. The highest BCUT2D eigenvalue weighted by molar-refractivity contribution is 7.86. The van der Waals surface area contributed by atoms with E-state index in [-0.39, 0.29) is 11.0 Å². The number of alkyl halides is 4. The molecule has 0 saturated heterocycles. The first-order valence-electron chi connectivity index (χ1n) is 7.08. The van der Waals surface area contributed by atoms with Crippen LogP contribution < -0.4 is 0 Å². The Morgan fingerprint density at radius 2 is 1.56 bits per heavy atom. The Bertz CT molecular complexity index is 721. The highest BCUT2D eigenvalue weighted by Crippen LogP contribution is 2.40. The number of ether oxygens (including phenoxy) is 1. The quantitative estimate of drug-likeness (QED) is 0.426. The third-order valence-electron chi connectivity index (χ3n) is 3.38. The maximum atomic E-state index is 13.2. The zero-order valence-corrected chi connectivity index (χ0v) is 14.5. The van der Waals surface area contributed by atoms with Crippen LogP contribution in [-0.2, 0) is 20.3 Å². The lowest BCUT2D eigenvalue weighted by atomic mass is 9.87. The monoisotopic (exact) mass is 385 g/mol. The summed E-state index contributed by atoms with van der Waals surface area (Å²) >= 11 is 0. The van der Waals surface area contributed by atoms with E-state index in [0.717, 1.165) is 5.56 Å². The summed E-state index contributed by atoms with van der Waals surface area (Å²) in [5.41, 5.74) is 0.732. The topological polar surface area (TPSA) is 83.5 Å². The summed E-state index contributed by atoms with van der Waals surface area (Å²) < 4.78 is 87.4. The Balaban J connectivity index is 2.72. The Morgan fingerprint density at radius 1 is 1.08 bits per heavy atom. The Morgan fingerprint density at radius 3 is 1.96 bits per heavy atom. The minimum absolute atomic E-state index is 0.0134. The maximum absolute atomic E-state index is 13.2. The zero-order chi connectivity index (χ0) is 19.7. The van der Waals surface area contributed by atoms with Crippen LogP contribution >= 0.6 is 0 Å². The van der Waals surface area contributed by atoms with Gasteiger partial charge in [0.25, 0.3) is 0 Å². The second-order valence-corrected chi connectivity index (χ2v) is 7.81. The molecule has 10 heteroatoms. The van der Waals surface area contributed by atoms with Gasteiger partial charge in [-0.05, 0) is 23.1 Å². The molecule has 0 fully saturated rings. The van der Waals surface area contributed by atoms with Crippen LogP contribution in [0.3, 0.4) is 0 Å². The third kappa shape index (κ3) is 4.91. The molecule has 25 heavy (non-hydrogen) atoms. The van der Waals surface area contributed by atoms with Crippen molar-refractivity contribution in [1.82, 2.24) is 0 Å². The van der Waals surface area contributed by atoms with Crippen LogP contribution in [0.15, 0.2) is 24.3 Å². The van der Waals surface area contributed by atoms with Crippen LogP contribution in [0.4, 0.5) is 17.6 Å². The molecule has 142 valence electrons. The molecule has 1 aromatic rings. The number of halogens is 4. The van der Waals surface area contributed by atoms with E-state index in [1.54, 1.807) is 12.1 Å². The fraction of sp³-hybridized carbons (Fsp3) is 0.533. The largest absolute Gasteiger partial charge is 0.743 e. The zero-order valence-electron chi connectivity index (χ0n) is 13.7. The van der Waals surface area contributed by atoms with Crippen molar-refractivity contribution in [2.45, 2.75) is 43.8 Å². The first-order chi connectivity index (χ1) is 11.1. The lowest BCUT2D eigenvalue weighted by Gasteiger charge is -2.28. The van der Waals surface area contributed by atoms with E-state index in [0.29, 0.717) is 0 Å². The summed E-state index contributed by atoms with van der Waals surface area (Å²) in [6, 6.07) is 6.03. The van der Waals surface area contributed by atoms with Crippen molar-refractivity contribution in [3.05, 3.63) is 35.4 Å². The van der Waals surface area contributed by atoms with Crippen LogP contribution in [-0.4, -0.2) is 36.7 Å². The number of benzene rings is 1. The van der Waals surface area contributed by atoms with E-state index in [1.165, 1.54) is 12.1 Å². The van der Waals surface area contributed by atoms with Crippen molar-refractivity contribution >= 4 is 16.1 Å². The van der Waals surface area contributed by atoms with Gasteiger partial charge in [-0.3, -0.25) is 0 Å². The predicted octanol–water partition coefficient (Wildman–Crippen LogP) is 3.30. The summed E-state index contributed by atoms with van der Waals surface area (Å²) in [5.74, 6) is -6.20. The van der Waals surface area contributed by atoms with Crippen molar-refractivity contribution in [3.8, 4) is 0 Å². The highest BCUT2D eigenvalue weighted by Gasteiger charge is 2.61. The molecule has 0 radical (unpaired) electrons. The minimum atomic E-state index is -6.56. The molecule has 0 heterocycles. The Kier molecular flexibility index (Phi) is 5.90. The summed E-state index contributed by atoms with van der Waals surface area (Å²) in [7, 11) is -6.56. The van der Waals surface area contributed by atoms with Crippen LogP contribution in [0, 0.1) is 0 Å². The summed E-state index contributed by atoms with van der Waals surface area (Å²) in [6.45, 7) is 4.63. The Hall–Kier alpha value is -1.68. The fourth-order valence-electron chi connectivity index (χ4n) is 1.79. The lowest BCUT2D eigenvalue weighted by molar-refractivity contribution is -0.168. The molecule has 0 aliphatic rings. The minimum Gasteiger partial charge on any atom is -0.743 e. The Labute approximate surface area is 142 Å². The van der Waals surface area contributed by atoms with E-state index in [9.17, 15) is 35.3 Å². The molecule has 1 rings (SSSR count). The van der Waals surface area contributed by atoms with E-state index >= 15 is 0 Å². The highest BCUT2D eigenvalue weighted by atomic mass is 32.2.